The summed E-state index contributed by atoms with van der Waals surface area (Å²) in [5.41, 5.74) is 9.90. The van der Waals surface area contributed by atoms with E-state index in [0.29, 0.717) is 17.2 Å². The van der Waals surface area contributed by atoms with Crippen LogP contribution in [-0.4, -0.2) is 10.9 Å². The second-order valence-electron chi connectivity index (χ2n) is 7.94. The van der Waals surface area contributed by atoms with Gasteiger partial charge in [-0.2, -0.15) is 0 Å². The highest BCUT2D eigenvalue weighted by Crippen LogP contribution is 2.28. The van der Waals surface area contributed by atoms with Crippen LogP contribution in [0.1, 0.15) is 47.4 Å². The van der Waals surface area contributed by atoms with E-state index < -0.39 is 0 Å². The Labute approximate surface area is 178 Å². The fourth-order valence-corrected chi connectivity index (χ4v) is 3.09. The number of benzene rings is 2. The molecule has 5 heteroatoms. The molecule has 0 atom stereocenters. The number of aromatic nitrogens is 1. The molecular weight excluding hydrogens is 374 g/mol. The van der Waals surface area contributed by atoms with Crippen LogP contribution in [0.4, 0.5) is 11.5 Å². The average molecular weight is 404 g/mol. The van der Waals surface area contributed by atoms with Crippen molar-refractivity contribution in [3.8, 4) is 11.5 Å². The summed E-state index contributed by atoms with van der Waals surface area (Å²) in [7, 11) is 0. The summed E-state index contributed by atoms with van der Waals surface area (Å²) in [5, 5.41) is 2.87. The van der Waals surface area contributed by atoms with E-state index in [1.165, 1.54) is 5.56 Å². The third-order valence-corrected chi connectivity index (χ3v) is 5.04. The number of nitrogens with one attached hydrogen (secondary N) is 1. The van der Waals surface area contributed by atoms with Gasteiger partial charge in [0.2, 0.25) is 0 Å². The van der Waals surface area contributed by atoms with Crippen LogP contribution in [0.2, 0.25) is 0 Å². The third kappa shape index (κ3) is 5.38. The second-order valence-corrected chi connectivity index (χ2v) is 7.94. The predicted octanol–water partition coefficient (Wildman–Crippen LogP) is 5.91. The number of nitrogen functional groups attached to an aromatic ring is 1. The van der Waals surface area contributed by atoms with Crippen LogP contribution in [0, 0.1) is 19.8 Å². The maximum Gasteiger partial charge on any atom is 0.259 e. The van der Waals surface area contributed by atoms with Crippen molar-refractivity contribution in [3.63, 3.8) is 0 Å². The molecule has 2 aromatic carbocycles. The van der Waals surface area contributed by atoms with Gasteiger partial charge in [-0.15, -0.1) is 0 Å². The van der Waals surface area contributed by atoms with Gasteiger partial charge in [0.1, 0.15) is 17.3 Å². The topological polar surface area (TPSA) is 77.2 Å². The lowest BCUT2D eigenvalue weighted by molar-refractivity contribution is 0.102. The highest BCUT2D eigenvalue weighted by atomic mass is 16.5. The zero-order valence-electron chi connectivity index (χ0n) is 18.0. The van der Waals surface area contributed by atoms with Crippen molar-refractivity contribution in [3.05, 3.63) is 77.0 Å². The molecule has 0 fully saturated rings. The number of anilines is 2. The van der Waals surface area contributed by atoms with Crippen LogP contribution in [0.15, 0.2) is 54.6 Å². The number of hydrogen-bond acceptors (Lipinski definition) is 4. The minimum absolute atomic E-state index is 0.230. The van der Waals surface area contributed by atoms with E-state index in [0.717, 1.165) is 35.6 Å². The first-order chi connectivity index (χ1) is 14.3. The molecular formula is C25H29N3O2. The molecule has 156 valence electrons. The van der Waals surface area contributed by atoms with Gasteiger partial charge in [-0.25, -0.2) is 4.98 Å². The summed E-state index contributed by atoms with van der Waals surface area (Å²) in [6.45, 7) is 8.22. The molecule has 3 N–H and O–H groups in total. The van der Waals surface area contributed by atoms with Crippen molar-refractivity contribution in [1.29, 1.82) is 0 Å². The minimum atomic E-state index is -0.282. The molecule has 1 heterocycles. The van der Waals surface area contributed by atoms with Gasteiger partial charge in [-0.1, -0.05) is 32.0 Å². The molecule has 0 bridgehead atoms. The largest absolute Gasteiger partial charge is 0.457 e. The Balaban J connectivity index is 1.69. The first-order valence-corrected chi connectivity index (χ1v) is 10.2. The number of nitrogens with two attached hydrogens (primary N) is 1. The lowest BCUT2D eigenvalue weighted by Gasteiger charge is -2.13. The number of para-hydroxylation sites is 1. The monoisotopic (exact) mass is 403 g/mol. The van der Waals surface area contributed by atoms with E-state index in [9.17, 15) is 4.79 Å². The van der Waals surface area contributed by atoms with Crippen molar-refractivity contribution >= 4 is 17.4 Å². The van der Waals surface area contributed by atoms with Gasteiger partial charge in [0.25, 0.3) is 5.91 Å². The number of hydrogen-bond donors (Lipinski definition) is 2. The Morgan fingerprint density at radius 2 is 1.80 bits per heavy atom. The summed E-state index contributed by atoms with van der Waals surface area (Å²) in [4.78, 5) is 16.8. The molecule has 0 unspecified atom stereocenters. The molecule has 1 aromatic heterocycles. The Morgan fingerprint density at radius 3 is 2.50 bits per heavy atom. The highest BCUT2D eigenvalue weighted by molar-refractivity contribution is 6.07. The molecule has 0 saturated heterocycles. The molecule has 0 aliphatic rings. The maximum absolute atomic E-state index is 12.6. The quantitative estimate of drug-likeness (QED) is 0.514. The number of rotatable bonds is 7. The summed E-state index contributed by atoms with van der Waals surface area (Å²) in [5.74, 6) is 2.17. The van der Waals surface area contributed by atoms with Crippen molar-refractivity contribution in [1.82, 2.24) is 4.98 Å². The summed E-state index contributed by atoms with van der Waals surface area (Å²) < 4.78 is 6.09. The fraction of sp³-hybridized carbons (Fsp3) is 0.280. The van der Waals surface area contributed by atoms with Crippen LogP contribution in [0.3, 0.4) is 0 Å². The van der Waals surface area contributed by atoms with E-state index in [1.54, 1.807) is 6.07 Å². The predicted molar refractivity (Wildman–Crippen MR) is 122 cm³/mol. The van der Waals surface area contributed by atoms with Crippen LogP contribution < -0.4 is 15.8 Å². The van der Waals surface area contributed by atoms with E-state index >= 15 is 0 Å². The number of ether oxygens (including phenoxy) is 1. The number of nitrogens with zero attached hydrogens (tertiary/aromatic N) is 1. The van der Waals surface area contributed by atoms with Gasteiger partial charge in [0.05, 0.1) is 5.56 Å². The number of carbonyl (C=O) groups excluding carboxylic acids is 1. The Hall–Kier alpha value is -3.34. The van der Waals surface area contributed by atoms with Gasteiger partial charge in [-0.05, 0) is 80.1 Å². The van der Waals surface area contributed by atoms with Gasteiger partial charge >= 0.3 is 0 Å². The number of amides is 1. The Bertz CT molecular complexity index is 1030. The molecule has 0 radical (unpaired) electrons. The maximum atomic E-state index is 12.6. The smallest absolute Gasteiger partial charge is 0.259 e. The second kappa shape index (κ2) is 9.44. The normalized spacial score (nSPS) is 10.8. The molecule has 0 aliphatic carbocycles. The van der Waals surface area contributed by atoms with Gasteiger partial charge in [0.15, 0.2) is 0 Å². The van der Waals surface area contributed by atoms with Crippen molar-refractivity contribution in [2.45, 2.75) is 40.5 Å². The standard InChI is InChI=1S/C25H29N3O2/c1-16(2)9-10-19-7-5-6-8-23(19)30-21-13-11-20(12-14-21)28-25(29)22-15-17(3)18(4)27-24(22)26/h5-8,11-16H,9-10H2,1-4H3,(H2,26,27)(H,28,29). The number of carbonyl (C=O) groups is 1. The highest BCUT2D eigenvalue weighted by Gasteiger charge is 2.13. The van der Waals surface area contributed by atoms with Gasteiger partial charge in [-0.3, -0.25) is 4.79 Å². The first-order valence-electron chi connectivity index (χ1n) is 10.2. The fourth-order valence-electron chi connectivity index (χ4n) is 3.09. The molecule has 5 nitrogen and oxygen atoms in total. The zero-order valence-corrected chi connectivity index (χ0v) is 18.0. The lowest BCUT2D eigenvalue weighted by atomic mass is 10.0. The minimum Gasteiger partial charge on any atom is -0.457 e. The Morgan fingerprint density at radius 1 is 1.10 bits per heavy atom. The molecule has 1 amide bonds. The molecule has 3 rings (SSSR count). The van der Waals surface area contributed by atoms with E-state index in [1.807, 2.05) is 56.3 Å². The van der Waals surface area contributed by atoms with Gasteiger partial charge in [0, 0.05) is 11.4 Å². The van der Waals surface area contributed by atoms with Gasteiger partial charge < -0.3 is 15.8 Å². The lowest BCUT2D eigenvalue weighted by Crippen LogP contribution is -2.15. The third-order valence-electron chi connectivity index (χ3n) is 5.04. The first kappa shape index (κ1) is 21.4. The zero-order chi connectivity index (χ0) is 21.7. The molecule has 3 aromatic rings. The molecule has 0 aliphatic heterocycles. The van der Waals surface area contributed by atoms with Crippen molar-refractivity contribution in [2.24, 2.45) is 5.92 Å². The Kier molecular flexibility index (Phi) is 6.72. The van der Waals surface area contributed by atoms with Crippen LogP contribution in [0.5, 0.6) is 11.5 Å². The van der Waals surface area contributed by atoms with Crippen LogP contribution >= 0.6 is 0 Å². The average Bonchev–Trinajstić information content (AvgIpc) is 2.71. The number of pyridine rings is 1. The van der Waals surface area contributed by atoms with E-state index in [-0.39, 0.29) is 11.7 Å². The SMILES string of the molecule is Cc1cc(C(=O)Nc2ccc(Oc3ccccc3CCC(C)C)cc2)c(N)nc1C. The summed E-state index contributed by atoms with van der Waals surface area (Å²) in [6.07, 6.45) is 2.09. The summed E-state index contributed by atoms with van der Waals surface area (Å²) >= 11 is 0. The van der Waals surface area contributed by atoms with E-state index in [4.69, 9.17) is 10.5 Å². The van der Waals surface area contributed by atoms with Crippen molar-refractivity contribution in [2.75, 3.05) is 11.1 Å². The molecule has 0 saturated carbocycles. The van der Waals surface area contributed by atoms with Crippen molar-refractivity contribution < 1.29 is 9.53 Å². The van der Waals surface area contributed by atoms with E-state index in [2.05, 4.69) is 30.2 Å². The van der Waals surface area contributed by atoms with Crippen LogP contribution in [-0.2, 0) is 6.42 Å². The molecule has 0 spiro atoms. The molecule has 30 heavy (non-hydrogen) atoms. The summed E-state index contributed by atoms with van der Waals surface area (Å²) in [6, 6.07) is 17.2. The van der Waals surface area contributed by atoms with Crippen LogP contribution in [0.25, 0.3) is 0 Å². The number of aryl methyl sites for hydroxylation is 3.